The molecular formula is C39H30N2O6. The van der Waals surface area contributed by atoms with E-state index in [9.17, 15) is 24.3 Å². The molecule has 8 heteroatoms. The van der Waals surface area contributed by atoms with Crippen LogP contribution in [0.2, 0.25) is 0 Å². The first kappa shape index (κ1) is 28.8. The molecule has 0 radical (unpaired) electrons. The average Bonchev–Trinajstić information content (AvgIpc) is 3.62. The van der Waals surface area contributed by atoms with Crippen molar-refractivity contribution in [1.29, 1.82) is 0 Å². The molecule has 0 saturated carbocycles. The second-order valence-corrected chi connectivity index (χ2v) is 12.6. The highest BCUT2D eigenvalue weighted by Gasteiger charge is 2.56. The van der Waals surface area contributed by atoms with Gasteiger partial charge in [0.15, 0.2) is 17.1 Å². The van der Waals surface area contributed by atoms with Gasteiger partial charge < -0.3 is 9.52 Å². The van der Waals surface area contributed by atoms with Gasteiger partial charge in [-0.15, -0.1) is 6.58 Å². The molecule has 1 aromatic heterocycles. The molecule has 3 aliphatic carbocycles. The van der Waals surface area contributed by atoms with Crippen molar-refractivity contribution >= 4 is 40.2 Å². The van der Waals surface area contributed by atoms with Gasteiger partial charge in [0.1, 0.15) is 11.3 Å². The van der Waals surface area contributed by atoms with Gasteiger partial charge in [0.2, 0.25) is 17.7 Å². The fourth-order valence-corrected chi connectivity index (χ4v) is 7.91. The molecular weight excluding hydrogens is 592 g/mol. The number of rotatable bonds is 5. The zero-order valence-corrected chi connectivity index (χ0v) is 25.6. The van der Waals surface area contributed by atoms with Crippen molar-refractivity contribution in [3.63, 3.8) is 0 Å². The van der Waals surface area contributed by atoms with Gasteiger partial charge in [0, 0.05) is 33.8 Å². The Morgan fingerprint density at radius 3 is 2.53 bits per heavy atom. The number of imide groups is 1. The number of amides is 2. The molecule has 8 nitrogen and oxygen atoms in total. The number of phenols is 1. The van der Waals surface area contributed by atoms with Crippen molar-refractivity contribution in [2.45, 2.75) is 32.1 Å². The third-order valence-electron chi connectivity index (χ3n) is 10.1. The van der Waals surface area contributed by atoms with Crippen molar-refractivity contribution in [2.24, 2.45) is 17.8 Å². The van der Waals surface area contributed by atoms with E-state index in [1.165, 1.54) is 11.0 Å². The summed E-state index contributed by atoms with van der Waals surface area (Å²) in [4.78, 5) is 61.2. The molecule has 0 bridgehead atoms. The number of allylic oxidation sites excluding steroid dienone is 7. The van der Waals surface area contributed by atoms with E-state index in [0.29, 0.717) is 63.4 Å². The third kappa shape index (κ3) is 4.31. The average molecular weight is 623 g/mol. The van der Waals surface area contributed by atoms with E-state index in [1.807, 2.05) is 36.4 Å². The maximum atomic E-state index is 14.3. The van der Waals surface area contributed by atoms with E-state index in [0.717, 1.165) is 11.1 Å². The standard InChI is InChI=1S/C39H30N2O6/c1-3-7-21-8-6-9-25(36(21)44)32-24-16-17-26-33(27(24)19-28-34(32)30(42)18-20(2)35(28)43)39(46)41(38(26)45)23-14-12-22(13-15-23)37-40-29-10-4-5-11-31(29)47-37/h3-6,8-16,18,26-27,32-33,44H,1,7,17,19H2,2H3. The highest BCUT2D eigenvalue weighted by molar-refractivity contribution is 6.25. The fraction of sp³-hybridized carbons (Fsp3) is 0.205. The van der Waals surface area contributed by atoms with E-state index >= 15 is 0 Å². The fourth-order valence-electron chi connectivity index (χ4n) is 7.91. The van der Waals surface area contributed by atoms with Gasteiger partial charge in [-0.2, -0.15) is 0 Å². The van der Waals surface area contributed by atoms with Crippen LogP contribution in [0.25, 0.3) is 22.6 Å². The molecule has 2 amide bonds. The number of aromatic hydroxyl groups is 1. The van der Waals surface area contributed by atoms with Gasteiger partial charge in [-0.05, 0) is 80.1 Å². The number of aromatic nitrogens is 1. The molecule has 1 aliphatic heterocycles. The Kier molecular flexibility index (Phi) is 6.58. The van der Waals surface area contributed by atoms with Crippen LogP contribution in [0.3, 0.4) is 0 Å². The summed E-state index contributed by atoms with van der Waals surface area (Å²) in [6.07, 6.45) is 5.91. The van der Waals surface area contributed by atoms with Crippen molar-refractivity contribution in [2.75, 3.05) is 4.90 Å². The number of anilines is 1. The number of ketones is 2. The second kappa shape index (κ2) is 10.7. The van der Waals surface area contributed by atoms with Gasteiger partial charge >= 0.3 is 0 Å². The van der Waals surface area contributed by atoms with Gasteiger partial charge in [-0.1, -0.05) is 48.1 Å². The van der Waals surface area contributed by atoms with Crippen LogP contribution in [-0.2, 0) is 25.6 Å². The molecule has 1 saturated heterocycles. The van der Waals surface area contributed by atoms with Gasteiger partial charge in [-0.25, -0.2) is 4.98 Å². The van der Waals surface area contributed by atoms with Gasteiger partial charge in [0.25, 0.3) is 0 Å². The SMILES string of the molecule is C=CCc1cccc(C2C3=CCC4C(=O)N(c5ccc(-c6nc7ccccc7o6)cc5)C(=O)C4C3CC3=C2C(=O)C=C(C)C3=O)c1O. The first-order valence-corrected chi connectivity index (χ1v) is 15.7. The van der Waals surface area contributed by atoms with Crippen LogP contribution in [0.5, 0.6) is 5.75 Å². The second-order valence-electron chi connectivity index (χ2n) is 12.6. The van der Waals surface area contributed by atoms with E-state index in [4.69, 9.17) is 4.42 Å². The number of para-hydroxylation sites is 3. The van der Waals surface area contributed by atoms with Crippen LogP contribution >= 0.6 is 0 Å². The van der Waals surface area contributed by atoms with E-state index in [2.05, 4.69) is 11.6 Å². The van der Waals surface area contributed by atoms with E-state index in [1.54, 1.807) is 49.4 Å². The van der Waals surface area contributed by atoms with Crippen LogP contribution in [0, 0.1) is 17.8 Å². The number of hydrogen-bond acceptors (Lipinski definition) is 7. The quantitative estimate of drug-likeness (QED) is 0.152. The summed E-state index contributed by atoms with van der Waals surface area (Å²) in [6.45, 7) is 5.41. The Morgan fingerprint density at radius 1 is 0.979 bits per heavy atom. The summed E-state index contributed by atoms with van der Waals surface area (Å²) in [6, 6.07) is 19.8. The van der Waals surface area contributed by atoms with Crippen molar-refractivity contribution < 1.29 is 28.7 Å². The number of phenolic OH excluding ortho intramolecular Hbond substituents is 1. The molecule has 4 aliphatic rings. The highest BCUT2D eigenvalue weighted by atomic mass is 16.3. The smallest absolute Gasteiger partial charge is 0.238 e. The molecule has 2 heterocycles. The molecule has 4 aromatic rings. The van der Waals surface area contributed by atoms with Gasteiger partial charge in [-0.3, -0.25) is 24.1 Å². The number of carbonyl (C=O) groups is 4. The largest absolute Gasteiger partial charge is 0.507 e. The highest BCUT2D eigenvalue weighted by Crippen LogP contribution is 2.56. The summed E-state index contributed by atoms with van der Waals surface area (Å²) < 4.78 is 5.89. The number of oxazole rings is 1. The van der Waals surface area contributed by atoms with E-state index < -0.39 is 23.7 Å². The summed E-state index contributed by atoms with van der Waals surface area (Å²) in [5.74, 6) is -3.21. The Balaban J connectivity index is 1.18. The number of nitrogens with zero attached hydrogens (tertiary/aromatic N) is 2. The lowest BCUT2D eigenvalue weighted by Gasteiger charge is -2.42. The Morgan fingerprint density at radius 2 is 1.77 bits per heavy atom. The lowest BCUT2D eigenvalue weighted by atomic mass is 9.59. The van der Waals surface area contributed by atoms with Crippen LogP contribution in [0.15, 0.2) is 118 Å². The normalized spacial score (nSPS) is 23.8. The van der Waals surface area contributed by atoms with Crippen molar-refractivity contribution in [3.05, 3.63) is 125 Å². The molecule has 8 rings (SSSR count). The zero-order chi connectivity index (χ0) is 32.6. The summed E-state index contributed by atoms with van der Waals surface area (Å²) in [5.41, 5.74) is 5.54. The monoisotopic (exact) mass is 622 g/mol. The Hall–Kier alpha value is -5.63. The molecule has 3 aromatic carbocycles. The predicted octanol–water partition coefficient (Wildman–Crippen LogP) is 6.56. The minimum absolute atomic E-state index is 0.0360. The summed E-state index contributed by atoms with van der Waals surface area (Å²) in [7, 11) is 0. The molecule has 47 heavy (non-hydrogen) atoms. The maximum absolute atomic E-state index is 14.3. The third-order valence-corrected chi connectivity index (χ3v) is 10.1. The number of hydrogen-bond donors (Lipinski definition) is 1. The van der Waals surface area contributed by atoms with Crippen molar-refractivity contribution in [3.8, 4) is 17.2 Å². The molecule has 4 atom stereocenters. The zero-order valence-electron chi connectivity index (χ0n) is 25.6. The van der Waals surface area contributed by atoms with Crippen LogP contribution < -0.4 is 4.90 Å². The number of fused-ring (bicyclic) bond motifs is 4. The minimum atomic E-state index is -0.720. The number of Topliss-reactive ketones (excluding diaryl/α,β-unsaturated/α-hetero) is 1. The topological polar surface area (TPSA) is 118 Å². The predicted molar refractivity (Wildman–Crippen MR) is 175 cm³/mol. The lowest BCUT2D eigenvalue weighted by molar-refractivity contribution is -0.123. The molecule has 232 valence electrons. The number of carbonyl (C=O) groups excluding carboxylic acids is 4. The van der Waals surface area contributed by atoms with E-state index in [-0.39, 0.29) is 35.6 Å². The summed E-state index contributed by atoms with van der Waals surface area (Å²) in [5, 5.41) is 11.4. The summed E-state index contributed by atoms with van der Waals surface area (Å²) >= 11 is 0. The van der Waals surface area contributed by atoms with Crippen LogP contribution in [0.1, 0.15) is 36.8 Å². The Labute approximate surface area is 270 Å². The van der Waals surface area contributed by atoms with Crippen LogP contribution in [0.4, 0.5) is 5.69 Å². The Bertz CT molecular complexity index is 2130. The first-order chi connectivity index (χ1) is 22.8. The van der Waals surface area contributed by atoms with Crippen LogP contribution in [-0.4, -0.2) is 33.5 Å². The maximum Gasteiger partial charge on any atom is 0.238 e. The number of benzene rings is 3. The molecule has 4 unspecified atom stereocenters. The first-order valence-electron chi connectivity index (χ1n) is 15.7. The minimum Gasteiger partial charge on any atom is -0.507 e. The van der Waals surface area contributed by atoms with Gasteiger partial charge in [0.05, 0.1) is 17.5 Å². The van der Waals surface area contributed by atoms with Crippen molar-refractivity contribution in [1.82, 2.24) is 4.98 Å². The molecule has 1 N–H and O–H groups in total. The molecule has 1 fully saturated rings. The lowest BCUT2D eigenvalue weighted by Crippen LogP contribution is -2.39. The molecule has 0 spiro atoms.